The molecule has 0 saturated heterocycles. The Hall–Kier alpha value is -1.79. The molecule has 0 atom stereocenters. The first-order valence-corrected chi connectivity index (χ1v) is 7.64. The first-order chi connectivity index (χ1) is 10.0. The van der Waals surface area contributed by atoms with E-state index in [1.54, 1.807) is 12.3 Å². The van der Waals surface area contributed by atoms with Gasteiger partial charge in [-0.1, -0.05) is 13.8 Å². The highest BCUT2D eigenvalue weighted by Gasteiger charge is 2.17. The van der Waals surface area contributed by atoms with Crippen LogP contribution in [0.3, 0.4) is 0 Å². The molecular weight excluding hydrogens is 286 g/mol. The number of rotatable bonds is 5. The molecule has 2 N–H and O–H groups in total. The van der Waals surface area contributed by atoms with E-state index < -0.39 is 0 Å². The lowest BCUT2D eigenvalue weighted by atomic mass is 10.1. The van der Waals surface area contributed by atoms with Crippen LogP contribution in [0, 0.1) is 12.8 Å². The Kier molecular flexibility index (Phi) is 5.03. The third-order valence-corrected chi connectivity index (χ3v) is 4.14. The van der Waals surface area contributed by atoms with E-state index in [1.165, 1.54) is 17.5 Å². The average Bonchev–Trinajstić information content (AvgIpc) is 2.79. The van der Waals surface area contributed by atoms with Gasteiger partial charge in [-0.3, -0.25) is 9.78 Å². The number of aliphatic hydroxyl groups excluding tert-OH is 1. The molecule has 0 aliphatic heterocycles. The topological polar surface area (TPSA) is 75.1 Å². The highest BCUT2D eigenvalue weighted by molar-refractivity contribution is 7.13. The van der Waals surface area contributed by atoms with Gasteiger partial charge in [0, 0.05) is 18.2 Å². The van der Waals surface area contributed by atoms with Crippen molar-refractivity contribution in [3.63, 3.8) is 0 Å². The van der Waals surface area contributed by atoms with Gasteiger partial charge in [0.2, 0.25) is 0 Å². The molecule has 2 rings (SSSR count). The minimum absolute atomic E-state index is 0.140. The van der Waals surface area contributed by atoms with Crippen LogP contribution in [0.15, 0.2) is 18.5 Å². The maximum atomic E-state index is 12.4. The number of nitrogens with zero attached hydrogens (tertiary/aromatic N) is 2. The summed E-state index contributed by atoms with van der Waals surface area (Å²) in [6.45, 7) is 5.95. The van der Waals surface area contributed by atoms with E-state index in [-0.39, 0.29) is 12.5 Å². The Labute approximate surface area is 128 Å². The van der Waals surface area contributed by atoms with Gasteiger partial charge in [-0.05, 0) is 18.9 Å². The van der Waals surface area contributed by atoms with E-state index in [1.807, 2.05) is 6.92 Å². The maximum absolute atomic E-state index is 12.4. The summed E-state index contributed by atoms with van der Waals surface area (Å²) in [6.07, 6.45) is 3.99. The van der Waals surface area contributed by atoms with Crippen LogP contribution in [0.25, 0.3) is 0 Å². The van der Waals surface area contributed by atoms with Crippen LogP contribution >= 0.6 is 11.3 Å². The smallest absolute Gasteiger partial charge is 0.267 e. The molecule has 0 unspecified atom stereocenters. The van der Waals surface area contributed by atoms with Crippen molar-refractivity contribution in [1.82, 2.24) is 9.97 Å². The van der Waals surface area contributed by atoms with Crippen molar-refractivity contribution in [2.24, 2.45) is 5.92 Å². The van der Waals surface area contributed by atoms with E-state index in [0.717, 1.165) is 17.1 Å². The van der Waals surface area contributed by atoms with Gasteiger partial charge >= 0.3 is 0 Å². The van der Waals surface area contributed by atoms with Crippen molar-refractivity contribution in [2.75, 3.05) is 5.32 Å². The van der Waals surface area contributed by atoms with Crippen molar-refractivity contribution in [1.29, 1.82) is 0 Å². The molecule has 2 aromatic rings. The van der Waals surface area contributed by atoms with Gasteiger partial charge in [-0.25, -0.2) is 4.98 Å². The van der Waals surface area contributed by atoms with Crippen molar-refractivity contribution >= 4 is 22.9 Å². The first kappa shape index (κ1) is 15.6. The molecule has 0 radical (unpaired) electrons. The quantitative estimate of drug-likeness (QED) is 0.890. The molecule has 112 valence electrons. The highest BCUT2D eigenvalue weighted by Crippen LogP contribution is 2.23. The van der Waals surface area contributed by atoms with Gasteiger partial charge in [0.15, 0.2) is 0 Å². The SMILES string of the molecule is Cc1nc(CC(C)C)sc1C(=O)Nc1cnccc1CO. The number of amides is 1. The summed E-state index contributed by atoms with van der Waals surface area (Å²) in [4.78, 5) is 21.4. The highest BCUT2D eigenvalue weighted by atomic mass is 32.1. The maximum Gasteiger partial charge on any atom is 0.267 e. The Morgan fingerprint density at radius 3 is 2.90 bits per heavy atom. The lowest BCUT2D eigenvalue weighted by Crippen LogP contribution is -2.13. The van der Waals surface area contributed by atoms with Crippen LogP contribution in [0.4, 0.5) is 5.69 Å². The normalized spacial score (nSPS) is 10.9. The fourth-order valence-electron chi connectivity index (χ4n) is 1.95. The molecule has 6 heteroatoms. The fourth-order valence-corrected chi connectivity index (χ4v) is 3.12. The molecule has 5 nitrogen and oxygen atoms in total. The number of nitrogens with one attached hydrogen (secondary N) is 1. The second-order valence-corrected chi connectivity index (χ2v) is 6.35. The molecule has 0 spiro atoms. The standard InChI is InChI=1S/C15H19N3O2S/c1-9(2)6-13-17-10(3)14(21-13)15(20)18-12-7-16-5-4-11(12)8-19/h4-5,7,9,19H,6,8H2,1-3H3,(H,18,20). The molecule has 21 heavy (non-hydrogen) atoms. The third-order valence-electron chi connectivity index (χ3n) is 2.96. The minimum atomic E-state index is -0.206. The zero-order valence-electron chi connectivity index (χ0n) is 12.4. The van der Waals surface area contributed by atoms with Gasteiger partial charge in [0.1, 0.15) is 4.88 Å². The minimum Gasteiger partial charge on any atom is -0.392 e. The Balaban J connectivity index is 2.18. The summed E-state index contributed by atoms with van der Waals surface area (Å²) in [6, 6.07) is 1.68. The number of hydrogen-bond donors (Lipinski definition) is 2. The second kappa shape index (κ2) is 6.78. The number of pyridine rings is 1. The summed E-state index contributed by atoms with van der Waals surface area (Å²) in [5, 5.41) is 13.0. The van der Waals surface area contributed by atoms with Crippen LogP contribution in [-0.2, 0) is 13.0 Å². The zero-order valence-corrected chi connectivity index (χ0v) is 13.2. The number of thiazole rings is 1. The van der Waals surface area contributed by atoms with E-state index in [2.05, 4.69) is 29.1 Å². The number of aryl methyl sites for hydroxylation is 1. The molecular formula is C15H19N3O2S. The van der Waals surface area contributed by atoms with E-state index in [4.69, 9.17) is 0 Å². The summed E-state index contributed by atoms with van der Waals surface area (Å²) in [7, 11) is 0. The Bertz CT molecular complexity index is 638. The fraction of sp³-hybridized carbons (Fsp3) is 0.400. The molecule has 2 heterocycles. The van der Waals surface area contributed by atoms with Crippen LogP contribution < -0.4 is 5.32 Å². The predicted octanol–water partition coefficient (Wildman–Crippen LogP) is 2.79. The predicted molar refractivity (Wildman–Crippen MR) is 83.5 cm³/mol. The molecule has 1 amide bonds. The molecule has 0 fully saturated rings. The van der Waals surface area contributed by atoms with E-state index in [9.17, 15) is 9.90 Å². The molecule has 0 bridgehead atoms. The number of carbonyl (C=O) groups excluding carboxylic acids is 1. The Morgan fingerprint density at radius 1 is 1.48 bits per heavy atom. The number of hydrogen-bond acceptors (Lipinski definition) is 5. The lowest BCUT2D eigenvalue weighted by Gasteiger charge is -2.07. The number of anilines is 1. The van der Waals surface area contributed by atoms with Gasteiger partial charge in [-0.2, -0.15) is 0 Å². The average molecular weight is 305 g/mol. The van der Waals surface area contributed by atoms with Gasteiger partial charge < -0.3 is 10.4 Å². The van der Waals surface area contributed by atoms with Crippen molar-refractivity contribution in [3.8, 4) is 0 Å². The molecule has 0 aliphatic rings. The molecule has 0 saturated carbocycles. The monoisotopic (exact) mass is 305 g/mol. The second-order valence-electron chi connectivity index (χ2n) is 5.27. The molecule has 2 aromatic heterocycles. The van der Waals surface area contributed by atoms with Crippen LogP contribution in [0.2, 0.25) is 0 Å². The van der Waals surface area contributed by atoms with Gasteiger partial charge in [0.25, 0.3) is 5.91 Å². The third kappa shape index (κ3) is 3.86. The summed E-state index contributed by atoms with van der Waals surface area (Å²) < 4.78 is 0. The zero-order chi connectivity index (χ0) is 15.4. The number of carbonyl (C=O) groups is 1. The summed E-state index contributed by atoms with van der Waals surface area (Å²) >= 11 is 1.42. The van der Waals surface area contributed by atoms with Crippen molar-refractivity contribution < 1.29 is 9.90 Å². The van der Waals surface area contributed by atoms with Gasteiger partial charge in [0.05, 0.1) is 29.2 Å². The summed E-state index contributed by atoms with van der Waals surface area (Å²) in [5.74, 6) is 0.300. The lowest BCUT2D eigenvalue weighted by molar-refractivity contribution is 0.102. The summed E-state index contributed by atoms with van der Waals surface area (Å²) in [5.41, 5.74) is 1.91. The van der Waals surface area contributed by atoms with Crippen LogP contribution in [0.5, 0.6) is 0 Å². The Morgan fingerprint density at radius 2 is 2.24 bits per heavy atom. The van der Waals surface area contributed by atoms with Crippen molar-refractivity contribution in [3.05, 3.63) is 39.6 Å². The largest absolute Gasteiger partial charge is 0.392 e. The van der Waals surface area contributed by atoms with Gasteiger partial charge in [-0.15, -0.1) is 11.3 Å². The van der Waals surface area contributed by atoms with E-state index in [0.29, 0.717) is 22.0 Å². The van der Waals surface area contributed by atoms with E-state index >= 15 is 0 Å². The van der Waals surface area contributed by atoms with Crippen LogP contribution in [0.1, 0.15) is 39.8 Å². The first-order valence-electron chi connectivity index (χ1n) is 6.82. The van der Waals surface area contributed by atoms with Crippen LogP contribution in [-0.4, -0.2) is 21.0 Å². The molecule has 0 aliphatic carbocycles. The van der Waals surface area contributed by atoms with Crippen molar-refractivity contribution in [2.45, 2.75) is 33.8 Å². The number of aliphatic hydroxyl groups is 1. The number of aromatic nitrogens is 2. The molecule has 0 aromatic carbocycles.